The average molecular weight is 274 g/mol. The number of hydrogen-bond donors (Lipinski definition) is 2. The van der Waals surface area contributed by atoms with E-state index >= 15 is 0 Å². The number of hydrogen-bond acceptors (Lipinski definition) is 4. The molecule has 0 bridgehead atoms. The van der Waals surface area contributed by atoms with Gasteiger partial charge in [0.05, 0.1) is 13.2 Å². The Morgan fingerprint density at radius 2 is 2.05 bits per heavy atom. The summed E-state index contributed by atoms with van der Waals surface area (Å²) in [6.45, 7) is 0. The zero-order valence-electron chi connectivity index (χ0n) is 11.0. The van der Waals surface area contributed by atoms with Gasteiger partial charge in [0.2, 0.25) is 0 Å². The summed E-state index contributed by atoms with van der Waals surface area (Å²) >= 11 is 1.89. The molecule has 4 heteroatoms. The third kappa shape index (κ3) is 2.39. The van der Waals surface area contributed by atoms with E-state index in [1.807, 2.05) is 23.5 Å². The number of nitrogens with one attached hydrogen (secondary N) is 1. The number of methoxy groups -OCH3 is 1. The van der Waals surface area contributed by atoms with Crippen LogP contribution in [-0.4, -0.2) is 7.11 Å². The Bertz CT molecular complexity index is 541. The maximum Gasteiger partial charge on any atom is 0.118 e. The Morgan fingerprint density at radius 1 is 1.26 bits per heavy atom. The van der Waals surface area contributed by atoms with Crippen LogP contribution in [0.3, 0.4) is 0 Å². The largest absolute Gasteiger partial charge is 0.497 e. The van der Waals surface area contributed by atoms with E-state index in [9.17, 15) is 0 Å². The number of nitrogens with two attached hydrogens (primary N) is 1. The first-order valence-corrected chi connectivity index (χ1v) is 7.35. The maximum absolute atomic E-state index is 5.75. The van der Waals surface area contributed by atoms with Crippen molar-refractivity contribution in [1.29, 1.82) is 0 Å². The van der Waals surface area contributed by atoms with Crippen molar-refractivity contribution >= 4 is 11.3 Å². The molecular weight excluding hydrogens is 256 g/mol. The van der Waals surface area contributed by atoms with Gasteiger partial charge in [-0.05, 0) is 48.6 Å². The summed E-state index contributed by atoms with van der Waals surface area (Å²) in [5.41, 5.74) is 5.61. The quantitative estimate of drug-likeness (QED) is 0.666. The lowest BCUT2D eigenvalue weighted by molar-refractivity contribution is 0.414. The minimum Gasteiger partial charge on any atom is -0.497 e. The zero-order chi connectivity index (χ0) is 13.2. The number of benzene rings is 1. The Balaban J connectivity index is 1.90. The van der Waals surface area contributed by atoms with Crippen molar-refractivity contribution < 1.29 is 4.74 Å². The van der Waals surface area contributed by atoms with E-state index in [-0.39, 0.29) is 6.04 Å². The monoisotopic (exact) mass is 274 g/mol. The van der Waals surface area contributed by atoms with Crippen molar-refractivity contribution in [2.45, 2.75) is 25.3 Å². The van der Waals surface area contributed by atoms with Crippen molar-refractivity contribution in [2.24, 2.45) is 5.84 Å². The first kappa shape index (κ1) is 12.7. The van der Waals surface area contributed by atoms with Gasteiger partial charge >= 0.3 is 0 Å². The van der Waals surface area contributed by atoms with E-state index in [1.165, 1.54) is 40.1 Å². The molecule has 1 unspecified atom stereocenters. The molecule has 0 aliphatic heterocycles. The van der Waals surface area contributed by atoms with Gasteiger partial charge < -0.3 is 4.74 Å². The van der Waals surface area contributed by atoms with Crippen LogP contribution in [0.15, 0.2) is 30.3 Å². The highest BCUT2D eigenvalue weighted by Gasteiger charge is 2.20. The number of thiophene rings is 1. The lowest BCUT2D eigenvalue weighted by Crippen LogP contribution is -2.28. The van der Waals surface area contributed by atoms with Gasteiger partial charge in [-0.2, -0.15) is 0 Å². The van der Waals surface area contributed by atoms with E-state index in [0.29, 0.717) is 0 Å². The van der Waals surface area contributed by atoms with Gasteiger partial charge in [0.15, 0.2) is 0 Å². The molecule has 3 N–H and O–H groups in total. The summed E-state index contributed by atoms with van der Waals surface area (Å²) in [6.07, 6.45) is 3.73. The minimum absolute atomic E-state index is 0.0708. The van der Waals surface area contributed by atoms with Crippen LogP contribution in [0.5, 0.6) is 5.75 Å². The van der Waals surface area contributed by atoms with Crippen LogP contribution in [0.4, 0.5) is 0 Å². The lowest BCUT2D eigenvalue weighted by atomic mass is 10.1. The van der Waals surface area contributed by atoms with Crippen molar-refractivity contribution in [2.75, 3.05) is 7.11 Å². The fraction of sp³-hybridized carbons (Fsp3) is 0.333. The molecular formula is C15H18N2OS. The van der Waals surface area contributed by atoms with Gasteiger partial charge in [0.1, 0.15) is 5.75 Å². The summed E-state index contributed by atoms with van der Waals surface area (Å²) in [4.78, 5) is 2.83. The predicted octanol–water partition coefficient (Wildman–Crippen LogP) is 2.80. The number of hydrazine groups is 1. The van der Waals surface area contributed by atoms with Crippen LogP contribution in [0.2, 0.25) is 0 Å². The van der Waals surface area contributed by atoms with Gasteiger partial charge in [0.25, 0.3) is 0 Å². The smallest absolute Gasteiger partial charge is 0.118 e. The van der Waals surface area contributed by atoms with Gasteiger partial charge in [-0.15, -0.1) is 11.3 Å². The van der Waals surface area contributed by atoms with Gasteiger partial charge in [-0.25, -0.2) is 5.43 Å². The molecule has 1 aliphatic carbocycles. The van der Waals surface area contributed by atoms with Crippen LogP contribution in [0.1, 0.15) is 33.3 Å². The molecule has 1 heterocycles. The van der Waals surface area contributed by atoms with Crippen LogP contribution < -0.4 is 16.0 Å². The molecule has 1 aromatic carbocycles. The maximum atomic E-state index is 5.75. The lowest BCUT2D eigenvalue weighted by Gasteiger charge is -2.15. The van der Waals surface area contributed by atoms with E-state index in [4.69, 9.17) is 10.6 Å². The van der Waals surface area contributed by atoms with Crippen molar-refractivity contribution in [3.05, 3.63) is 51.2 Å². The predicted molar refractivity (Wildman–Crippen MR) is 78.5 cm³/mol. The molecule has 0 amide bonds. The first-order valence-electron chi connectivity index (χ1n) is 6.53. The van der Waals surface area contributed by atoms with E-state index < -0.39 is 0 Å². The van der Waals surface area contributed by atoms with Crippen LogP contribution in [-0.2, 0) is 12.8 Å². The minimum atomic E-state index is 0.0708. The van der Waals surface area contributed by atoms with Gasteiger partial charge in [-0.3, -0.25) is 5.84 Å². The van der Waals surface area contributed by atoms with Crippen molar-refractivity contribution in [3.63, 3.8) is 0 Å². The Labute approximate surface area is 117 Å². The summed E-state index contributed by atoms with van der Waals surface area (Å²) in [5.74, 6) is 6.62. The molecule has 3 nitrogen and oxygen atoms in total. The summed E-state index contributed by atoms with van der Waals surface area (Å²) in [7, 11) is 1.68. The number of fused-ring (bicyclic) bond motifs is 1. The normalized spacial score (nSPS) is 15.3. The van der Waals surface area contributed by atoms with Gasteiger partial charge in [0, 0.05) is 9.75 Å². The molecule has 1 aromatic heterocycles. The highest BCUT2D eigenvalue weighted by Crippen LogP contribution is 2.36. The van der Waals surface area contributed by atoms with Crippen LogP contribution >= 0.6 is 11.3 Å². The molecule has 2 aromatic rings. The number of ether oxygens (including phenoxy) is 1. The molecule has 1 atom stereocenters. The second kappa shape index (κ2) is 5.33. The summed E-state index contributed by atoms with van der Waals surface area (Å²) in [5, 5.41) is 0. The molecule has 100 valence electrons. The summed E-state index contributed by atoms with van der Waals surface area (Å²) in [6, 6.07) is 10.5. The second-order valence-electron chi connectivity index (χ2n) is 4.82. The fourth-order valence-electron chi connectivity index (χ4n) is 2.63. The van der Waals surface area contributed by atoms with Crippen molar-refractivity contribution in [3.8, 4) is 5.75 Å². The van der Waals surface area contributed by atoms with E-state index in [0.717, 1.165) is 5.75 Å². The zero-order valence-corrected chi connectivity index (χ0v) is 11.8. The third-order valence-electron chi connectivity index (χ3n) is 3.67. The molecule has 0 saturated carbocycles. The Morgan fingerprint density at radius 3 is 2.68 bits per heavy atom. The molecule has 0 spiro atoms. The Hall–Kier alpha value is -1.36. The van der Waals surface area contributed by atoms with Crippen LogP contribution in [0.25, 0.3) is 0 Å². The first-order chi connectivity index (χ1) is 9.31. The van der Waals surface area contributed by atoms with E-state index in [1.54, 1.807) is 7.11 Å². The molecule has 0 radical (unpaired) electrons. The van der Waals surface area contributed by atoms with Gasteiger partial charge in [-0.1, -0.05) is 12.1 Å². The Kier molecular flexibility index (Phi) is 3.55. The topological polar surface area (TPSA) is 47.3 Å². The van der Waals surface area contributed by atoms with Crippen molar-refractivity contribution in [1.82, 2.24) is 5.43 Å². The number of rotatable bonds is 4. The standard InChI is InChI=1S/C15H18N2OS/c1-18-12-7-5-10(6-8-12)15(17-16)14-9-11-3-2-4-13(11)19-14/h5-9,15,17H,2-4,16H2,1H3. The molecule has 19 heavy (non-hydrogen) atoms. The third-order valence-corrected chi connectivity index (χ3v) is 4.97. The van der Waals surface area contributed by atoms with E-state index in [2.05, 4.69) is 23.6 Å². The fourth-order valence-corrected chi connectivity index (χ4v) is 3.98. The molecule has 1 aliphatic rings. The van der Waals surface area contributed by atoms with Crippen LogP contribution in [0, 0.1) is 0 Å². The molecule has 0 fully saturated rings. The average Bonchev–Trinajstić information content (AvgIpc) is 3.02. The highest BCUT2D eigenvalue weighted by molar-refractivity contribution is 7.12. The molecule has 0 saturated heterocycles. The number of aryl methyl sites for hydroxylation is 2. The summed E-state index contributed by atoms with van der Waals surface area (Å²) < 4.78 is 5.19. The SMILES string of the molecule is COc1ccc(C(NN)c2cc3c(s2)CCC3)cc1. The molecule has 3 rings (SSSR count). The highest BCUT2D eigenvalue weighted by atomic mass is 32.1. The second-order valence-corrected chi connectivity index (χ2v) is 5.99.